The molecule has 0 amide bonds. The summed E-state index contributed by atoms with van der Waals surface area (Å²) in [5.74, 6) is 0.915. The highest BCUT2D eigenvalue weighted by molar-refractivity contribution is 5.86. The summed E-state index contributed by atoms with van der Waals surface area (Å²) in [6.45, 7) is 0.595. The van der Waals surface area contributed by atoms with Gasteiger partial charge in [-0.25, -0.2) is 0 Å². The van der Waals surface area contributed by atoms with Crippen molar-refractivity contribution < 1.29 is 4.74 Å². The summed E-state index contributed by atoms with van der Waals surface area (Å²) in [4.78, 5) is 0. The Morgan fingerprint density at radius 2 is 1.38 bits per heavy atom. The molecule has 0 atom stereocenters. The molecule has 0 bridgehead atoms. The third-order valence-electron chi connectivity index (χ3n) is 4.53. The third-order valence-corrected chi connectivity index (χ3v) is 4.53. The lowest BCUT2D eigenvalue weighted by molar-refractivity contribution is 0.306. The van der Waals surface area contributed by atoms with Gasteiger partial charge in [0.25, 0.3) is 0 Å². The molecule has 0 unspecified atom stereocenters. The zero-order valence-corrected chi connectivity index (χ0v) is 14.6. The van der Waals surface area contributed by atoms with Crippen molar-refractivity contribution in [3.05, 3.63) is 120 Å². The highest BCUT2D eigenvalue weighted by Gasteiger charge is 2.03. The van der Waals surface area contributed by atoms with Crippen LogP contribution in [0.5, 0.6) is 5.75 Å². The summed E-state index contributed by atoms with van der Waals surface area (Å²) < 4.78 is 5.94. The second-order valence-corrected chi connectivity index (χ2v) is 6.40. The van der Waals surface area contributed by atoms with Crippen LogP contribution >= 0.6 is 0 Å². The molecule has 4 aromatic rings. The lowest BCUT2D eigenvalue weighted by Crippen LogP contribution is -1.96. The molecule has 4 rings (SSSR count). The van der Waals surface area contributed by atoms with Gasteiger partial charge in [-0.2, -0.15) is 0 Å². The Morgan fingerprint density at radius 3 is 2.31 bits per heavy atom. The van der Waals surface area contributed by atoms with Crippen molar-refractivity contribution in [1.82, 2.24) is 0 Å². The minimum absolute atomic E-state index is 0.595. The molecule has 0 aromatic heterocycles. The normalized spacial score (nSPS) is 10.8. The molecule has 0 heterocycles. The second kappa shape index (κ2) is 7.88. The minimum atomic E-state index is 0.595. The van der Waals surface area contributed by atoms with Crippen LogP contribution in [-0.2, 0) is 13.0 Å². The van der Waals surface area contributed by atoms with E-state index >= 15 is 0 Å². The van der Waals surface area contributed by atoms with E-state index in [9.17, 15) is 0 Å². The molecule has 0 fully saturated rings. The summed E-state index contributed by atoms with van der Waals surface area (Å²) in [6, 6.07) is 33.6. The zero-order chi connectivity index (χ0) is 17.6. The molecule has 1 radical (unpaired) electrons. The zero-order valence-electron chi connectivity index (χ0n) is 14.6. The standard InChI is InChI=1S/C25H21O/c1-2-8-21(9-3-1)19-26-24-14-6-10-20(18-24)16-17-23-13-7-12-22-11-4-5-15-25(22)23/h1-15,17-18H,16,19H2. The maximum Gasteiger partial charge on any atom is 0.120 e. The second-order valence-electron chi connectivity index (χ2n) is 6.40. The Labute approximate surface area is 154 Å². The average molecular weight is 337 g/mol. The van der Waals surface area contributed by atoms with Crippen LogP contribution in [0.15, 0.2) is 97.1 Å². The number of hydrogen-bond acceptors (Lipinski definition) is 1. The largest absolute Gasteiger partial charge is 0.489 e. The van der Waals surface area contributed by atoms with E-state index in [4.69, 9.17) is 4.74 Å². The predicted molar refractivity (Wildman–Crippen MR) is 108 cm³/mol. The summed E-state index contributed by atoms with van der Waals surface area (Å²) in [5.41, 5.74) is 3.71. The minimum Gasteiger partial charge on any atom is -0.489 e. The quantitative estimate of drug-likeness (QED) is 0.406. The fourth-order valence-corrected chi connectivity index (χ4v) is 3.16. The highest BCUT2D eigenvalue weighted by atomic mass is 16.5. The first-order chi connectivity index (χ1) is 12.9. The Hall–Kier alpha value is -3.06. The van der Waals surface area contributed by atoms with Crippen LogP contribution in [0.3, 0.4) is 0 Å². The number of benzene rings is 4. The van der Waals surface area contributed by atoms with Gasteiger partial charge in [-0.3, -0.25) is 0 Å². The Morgan fingerprint density at radius 1 is 0.654 bits per heavy atom. The topological polar surface area (TPSA) is 9.23 Å². The van der Waals surface area contributed by atoms with Gasteiger partial charge in [0, 0.05) is 0 Å². The van der Waals surface area contributed by atoms with Crippen molar-refractivity contribution in [3.63, 3.8) is 0 Å². The molecular formula is C25H21O. The molecular weight excluding hydrogens is 316 g/mol. The molecule has 0 aliphatic heterocycles. The molecule has 0 aliphatic carbocycles. The molecule has 0 saturated carbocycles. The van der Waals surface area contributed by atoms with E-state index in [-0.39, 0.29) is 0 Å². The SMILES string of the molecule is [CH](Cc1cccc(OCc2ccccc2)c1)c1cccc2ccccc12. The van der Waals surface area contributed by atoms with Crippen LogP contribution < -0.4 is 4.74 Å². The van der Waals surface area contributed by atoms with Crippen molar-refractivity contribution in [1.29, 1.82) is 0 Å². The number of hydrogen-bond donors (Lipinski definition) is 0. The Bertz CT molecular complexity index is 984. The van der Waals surface area contributed by atoms with Crippen molar-refractivity contribution >= 4 is 10.8 Å². The summed E-state index contributed by atoms with van der Waals surface area (Å²) >= 11 is 0. The van der Waals surface area contributed by atoms with E-state index in [1.165, 1.54) is 27.5 Å². The van der Waals surface area contributed by atoms with Gasteiger partial charge in [0.05, 0.1) is 0 Å². The molecule has 4 aromatic carbocycles. The molecule has 0 N–H and O–H groups in total. The van der Waals surface area contributed by atoms with Crippen molar-refractivity contribution in [3.8, 4) is 5.75 Å². The fourth-order valence-electron chi connectivity index (χ4n) is 3.16. The van der Waals surface area contributed by atoms with Crippen LogP contribution in [-0.4, -0.2) is 0 Å². The first-order valence-electron chi connectivity index (χ1n) is 8.95. The van der Waals surface area contributed by atoms with E-state index in [0.717, 1.165) is 12.2 Å². The van der Waals surface area contributed by atoms with Crippen LogP contribution in [0.4, 0.5) is 0 Å². The predicted octanol–water partition coefficient (Wildman–Crippen LogP) is 6.21. The number of fused-ring (bicyclic) bond motifs is 1. The molecule has 0 spiro atoms. The van der Waals surface area contributed by atoms with Gasteiger partial charge in [0.1, 0.15) is 12.4 Å². The van der Waals surface area contributed by atoms with Crippen LogP contribution in [0, 0.1) is 6.42 Å². The summed E-state index contributed by atoms with van der Waals surface area (Å²) in [7, 11) is 0. The molecule has 1 heteroatoms. The monoisotopic (exact) mass is 337 g/mol. The highest BCUT2D eigenvalue weighted by Crippen LogP contribution is 2.22. The van der Waals surface area contributed by atoms with Crippen LogP contribution in [0.25, 0.3) is 10.8 Å². The van der Waals surface area contributed by atoms with Gasteiger partial charge in [-0.15, -0.1) is 0 Å². The van der Waals surface area contributed by atoms with Gasteiger partial charge in [0.15, 0.2) is 0 Å². The van der Waals surface area contributed by atoms with Gasteiger partial charge in [0.2, 0.25) is 0 Å². The van der Waals surface area contributed by atoms with Crippen LogP contribution in [0.1, 0.15) is 16.7 Å². The molecule has 0 aliphatic rings. The lowest BCUT2D eigenvalue weighted by Gasteiger charge is -2.09. The summed E-state index contributed by atoms with van der Waals surface area (Å²) in [5, 5.41) is 2.58. The van der Waals surface area contributed by atoms with E-state index in [0.29, 0.717) is 6.61 Å². The van der Waals surface area contributed by atoms with Gasteiger partial charge < -0.3 is 4.74 Å². The Kier molecular flexibility index (Phi) is 4.97. The smallest absolute Gasteiger partial charge is 0.120 e. The van der Waals surface area contributed by atoms with Gasteiger partial charge in [-0.1, -0.05) is 84.9 Å². The van der Waals surface area contributed by atoms with Crippen molar-refractivity contribution in [2.45, 2.75) is 13.0 Å². The molecule has 127 valence electrons. The third kappa shape index (κ3) is 3.94. The van der Waals surface area contributed by atoms with E-state index in [1.54, 1.807) is 0 Å². The first kappa shape index (κ1) is 16.4. The maximum absolute atomic E-state index is 5.94. The van der Waals surface area contributed by atoms with E-state index in [1.807, 2.05) is 24.3 Å². The molecule has 26 heavy (non-hydrogen) atoms. The average Bonchev–Trinajstić information content (AvgIpc) is 2.72. The van der Waals surface area contributed by atoms with E-state index in [2.05, 4.69) is 79.2 Å². The first-order valence-corrected chi connectivity index (χ1v) is 8.95. The van der Waals surface area contributed by atoms with E-state index < -0.39 is 0 Å². The van der Waals surface area contributed by atoms with Crippen LogP contribution in [0.2, 0.25) is 0 Å². The lowest BCUT2D eigenvalue weighted by atomic mass is 9.98. The van der Waals surface area contributed by atoms with Gasteiger partial charge in [-0.05, 0) is 52.4 Å². The Balaban J connectivity index is 1.43. The number of ether oxygens (including phenoxy) is 1. The number of rotatable bonds is 6. The molecule has 1 nitrogen and oxygen atoms in total. The van der Waals surface area contributed by atoms with Crippen molar-refractivity contribution in [2.24, 2.45) is 0 Å². The van der Waals surface area contributed by atoms with Gasteiger partial charge >= 0.3 is 0 Å². The van der Waals surface area contributed by atoms with Crippen molar-refractivity contribution in [2.75, 3.05) is 0 Å². The maximum atomic E-state index is 5.94. The fraction of sp³-hybridized carbons (Fsp3) is 0.0800. The summed E-state index contributed by atoms with van der Waals surface area (Å²) in [6.07, 6.45) is 3.18. The molecule has 0 saturated heterocycles.